The van der Waals surface area contributed by atoms with Crippen LogP contribution in [0.15, 0.2) is 0 Å². The molecule has 0 atom stereocenters. The number of hydrogen-bond acceptors (Lipinski definition) is 3. The van der Waals surface area contributed by atoms with E-state index < -0.39 is 11.1 Å². The lowest BCUT2D eigenvalue weighted by molar-refractivity contribution is -0.107. The Hall–Kier alpha value is -0.570. The summed E-state index contributed by atoms with van der Waals surface area (Å²) in [5, 5.41) is 5.78. The highest BCUT2D eigenvalue weighted by atomic mass is 35.5. The highest BCUT2D eigenvalue weighted by Crippen LogP contribution is 1.84. The molecule has 0 radical (unpaired) electrons. The van der Waals surface area contributed by atoms with E-state index in [-0.39, 0.29) is 0 Å². The fraction of sp³-hybridized carbons (Fsp3) is 0.500. The van der Waals surface area contributed by atoms with Gasteiger partial charge in [-0.2, -0.15) is 0 Å². The van der Waals surface area contributed by atoms with Gasteiger partial charge in [-0.15, -0.1) is 0 Å². The van der Waals surface area contributed by atoms with E-state index in [2.05, 4.69) is 4.74 Å². The Labute approximate surface area is 52.1 Å². The first-order valence-corrected chi connectivity index (χ1v) is 2.47. The third-order valence-corrected chi connectivity index (χ3v) is 0.639. The first-order chi connectivity index (χ1) is 3.68. The van der Waals surface area contributed by atoms with Crippen LogP contribution < -0.4 is 0 Å². The zero-order valence-corrected chi connectivity index (χ0v) is 5.16. The van der Waals surface area contributed by atoms with Crippen molar-refractivity contribution in [2.24, 2.45) is 0 Å². The minimum absolute atomic E-state index is 0.303. The second-order valence-corrected chi connectivity index (χ2v) is 1.38. The molecular weight excluding hydrogens is 130 g/mol. The van der Waals surface area contributed by atoms with E-state index in [9.17, 15) is 4.79 Å². The Balaban J connectivity index is 3.49. The molecule has 0 unspecified atom stereocenters. The van der Waals surface area contributed by atoms with E-state index in [1.54, 1.807) is 6.92 Å². The Morgan fingerprint density at radius 1 is 1.88 bits per heavy atom. The van der Waals surface area contributed by atoms with Crippen LogP contribution in [0.1, 0.15) is 6.92 Å². The maximum absolute atomic E-state index is 9.95. The van der Waals surface area contributed by atoms with Crippen molar-refractivity contribution >= 4 is 22.7 Å². The van der Waals surface area contributed by atoms with Gasteiger partial charge in [0.15, 0.2) is 0 Å². The van der Waals surface area contributed by atoms with Crippen molar-refractivity contribution in [3.05, 3.63) is 0 Å². The average Bonchev–Trinajstić information content (AvgIpc) is 1.67. The number of hydrogen-bond donors (Lipinski definition) is 1. The number of ether oxygens (including phenoxy) is 1. The van der Waals surface area contributed by atoms with Crippen LogP contribution >= 0.6 is 11.6 Å². The monoisotopic (exact) mass is 135 g/mol. The van der Waals surface area contributed by atoms with Gasteiger partial charge in [-0.25, -0.2) is 0 Å². The van der Waals surface area contributed by atoms with Crippen LogP contribution in [-0.4, -0.2) is 17.7 Å². The zero-order chi connectivity index (χ0) is 6.57. The first kappa shape index (κ1) is 7.43. The molecule has 0 saturated heterocycles. The molecule has 46 valence electrons. The summed E-state index contributed by atoms with van der Waals surface area (Å²) in [5.74, 6) is -0.492. The van der Waals surface area contributed by atoms with Crippen molar-refractivity contribution in [3.63, 3.8) is 0 Å². The van der Waals surface area contributed by atoms with Gasteiger partial charge < -0.3 is 4.74 Å². The molecule has 0 rings (SSSR count). The third-order valence-electron chi connectivity index (χ3n) is 0.467. The van der Waals surface area contributed by atoms with Crippen LogP contribution in [0.25, 0.3) is 0 Å². The quantitative estimate of drug-likeness (QED) is 0.345. The smallest absolute Gasteiger partial charge is 0.306 e. The van der Waals surface area contributed by atoms with Crippen LogP contribution in [0, 0.1) is 5.41 Å². The molecule has 0 aromatic heterocycles. The maximum atomic E-state index is 9.95. The van der Waals surface area contributed by atoms with Gasteiger partial charge >= 0.3 is 5.24 Å². The van der Waals surface area contributed by atoms with E-state index in [0.29, 0.717) is 6.61 Å². The molecule has 3 nitrogen and oxygen atoms in total. The average molecular weight is 136 g/mol. The molecule has 0 aliphatic heterocycles. The molecule has 0 aromatic rings. The van der Waals surface area contributed by atoms with Crippen molar-refractivity contribution in [1.82, 2.24) is 0 Å². The van der Waals surface area contributed by atoms with Crippen LogP contribution in [0.4, 0.5) is 0 Å². The molecule has 0 aliphatic carbocycles. The fourth-order valence-corrected chi connectivity index (χ4v) is 0.256. The molecule has 4 heteroatoms. The first-order valence-electron chi connectivity index (χ1n) is 2.09. The molecular formula is C4H6ClNO2. The summed E-state index contributed by atoms with van der Waals surface area (Å²) in [6, 6.07) is 0. The van der Waals surface area contributed by atoms with Crippen molar-refractivity contribution in [2.75, 3.05) is 6.61 Å². The van der Waals surface area contributed by atoms with E-state index >= 15 is 0 Å². The lowest BCUT2D eigenvalue weighted by Gasteiger charge is -1.95. The predicted octanol–water partition coefficient (Wildman–Crippen LogP) is 0.766. The summed E-state index contributed by atoms with van der Waals surface area (Å²) in [5.41, 5.74) is 0. The van der Waals surface area contributed by atoms with Gasteiger partial charge in [-0.05, 0) is 18.5 Å². The molecule has 0 fully saturated rings. The highest BCUT2D eigenvalue weighted by molar-refractivity contribution is 6.80. The van der Waals surface area contributed by atoms with E-state index in [1.165, 1.54) is 0 Å². The molecule has 0 aromatic carbocycles. The number of carbonyl (C=O) groups is 1. The SMILES string of the molecule is CCOC(=N)C(=O)Cl. The van der Waals surface area contributed by atoms with E-state index in [4.69, 9.17) is 17.0 Å². The van der Waals surface area contributed by atoms with Crippen LogP contribution in [0.5, 0.6) is 0 Å². The lowest BCUT2D eigenvalue weighted by atomic mass is 10.7. The molecule has 8 heavy (non-hydrogen) atoms. The molecule has 0 spiro atoms. The van der Waals surface area contributed by atoms with Crippen LogP contribution in [0.2, 0.25) is 0 Å². The highest BCUT2D eigenvalue weighted by Gasteiger charge is 2.03. The normalized spacial score (nSPS) is 8.25. The maximum Gasteiger partial charge on any atom is 0.306 e. The van der Waals surface area contributed by atoms with Crippen molar-refractivity contribution in [3.8, 4) is 0 Å². The second-order valence-electron chi connectivity index (χ2n) is 1.04. The number of halogens is 1. The summed E-state index contributed by atoms with van der Waals surface area (Å²) in [7, 11) is 0. The fourth-order valence-electron chi connectivity index (χ4n) is 0.201. The Kier molecular flexibility index (Phi) is 3.19. The molecule has 0 aliphatic rings. The standard InChI is InChI=1S/C4H6ClNO2/c1-2-8-4(6)3(5)7/h6H,2H2,1H3. The van der Waals surface area contributed by atoms with Crippen molar-refractivity contribution in [1.29, 1.82) is 5.41 Å². The topological polar surface area (TPSA) is 50.1 Å². The second kappa shape index (κ2) is 3.43. The van der Waals surface area contributed by atoms with Gasteiger partial charge in [0, 0.05) is 0 Å². The van der Waals surface area contributed by atoms with Gasteiger partial charge in [0.05, 0.1) is 6.61 Å². The van der Waals surface area contributed by atoms with Gasteiger partial charge in [0.1, 0.15) is 0 Å². The lowest BCUT2D eigenvalue weighted by Crippen LogP contribution is -2.09. The van der Waals surface area contributed by atoms with Gasteiger partial charge in [-0.3, -0.25) is 10.2 Å². The van der Waals surface area contributed by atoms with E-state index in [0.717, 1.165) is 0 Å². The number of rotatable bonds is 2. The molecule has 0 bridgehead atoms. The van der Waals surface area contributed by atoms with E-state index in [1.807, 2.05) is 0 Å². The Morgan fingerprint density at radius 3 is 2.50 bits per heavy atom. The largest absolute Gasteiger partial charge is 0.475 e. The minimum atomic E-state index is -0.855. The summed E-state index contributed by atoms with van der Waals surface area (Å²) in [4.78, 5) is 9.95. The Bertz CT molecular complexity index is 113. The van der Waals surface area contributed by atoms with Gasteiger partial charge in [-0.1, -0.05) is 0 Å². The summed E-state index contributed by atoms with van der Waals surface area (Å²) >= 11 is 4.82. The third kappa shape index (κ3) is 2.58. The summed E-state index contributed by atoms with van der Waals surface area (Å²) in [6.07, 6.45) is 0. The number of nitrogens with one attached hydrogen (secondary N) is 1. The Morgan fingerprint density at radius 2 is 2.38 bits per heavy atom. The molecule has 0 saturated carbocycles. The minimum Gasteiger partial charge on any atom is -0.475 e. The van der Waals surface area contributed by atoms with Crippen molar-refractivity contribution in [2.45, 2.75) is 6.92 Å². The predicted molar refractivity (Wildman–Crippen MR) is 30.2 cm³/mol. The summed E-state index contributed by atoms with van der Waals surface area (Å²) < 4.78 is 4.41. The van der Waals surface area contributed by atoms with Crippen LogP contribution in [-0.2, 0) is 9.53 Å². The molecule has 1 N–H and O–H groups in total. The van der Waals surface area contributed by atoms with Gasteiger partial charge in [0.2, 0.25) is 0 Å². The van der Waals surface area contributed by atoms with Crippen LogP contribution in [0.3, 0.4) is 0 Å². The molecule has 0 amide bonds. The zero-order valence-electron chi connectivity index (χ0n) is 4.40. The molecule has 0 heterocycles. The van der Waals surface area contributed by atoms with Crippen molar-refractivity contribution < 1.29 is 9.53 Å². The summed E-state index contributed by atoms with van der Waals surface area (Å²) in [6.45, 7) is 1.98. The number of carbonyl (C=O) groups excluding carboxylic acids is 1. The van der Waals surface area contributed by atoms with Gasteiger partial charge in [0.25, 0.3) is 5.90 Å².